The maximum Gasteiger partial charge on any atom is 0.0771 e. The van der Waals surface area contributed by atoms with Gasteiger partial charge in [0.2, 0.25) is 0 Å². The molecule has 2 saturated carbocycles. The van der Waals surface area contributed by atoms with Crippen LogP contribution in [0.15, 0.2) is 0 Å². The molecule has 88 valence electrons. The van der Waals surface area contributed by atoms with Gasteiger partial charge in [0.05, 0.1) is 12.2 Å². The molecule has 0 atom stereocenters. The highest BCUT2D eigenvalue weighted by Gasteiger charge is 2.37. The van der Waals surface area contributed by atoms with Crippen molar-refractivity contribution in [3.05, 3.63) is 0 Å². The summed E-state index contributed by atoms with van der Waals surface area (Å²) in [5, 5.41) is 23.1. The van der Waals surface area contributed by atoms with E-state index in [-0.39, 0.29) is 12.1 Å². The van der Waals surface area contributed by atoms with Crippen LogP contribution >= 0.6 is 0 Å². The molecule has 3 N–H and O–H groups in total. The van der Waals surface area contributed by atoms with E-state index in [4.69, 9.17) is 0 Å². The van der Waals surface area contributed by atoms with Crippen LogP contribution in [0, 0.1) is 0 Å². The fraction of sp³-hybridized carbons (Fsp3) is 1.00. The number of hydrogen-bond donors (Lipinski definition) is 3. The molecule has 0 heterocycles. The molecule has 0 aromatic heterocycles. The Kier molecular flexibility index (Phi) is 3.33. The van der Waals surface area contributed by atoms with E-state index in [2.05, 4.69) is 5.32 Å². The lowest BCUT2D eigenvalue weighted by molar-refractivity contribution is 0.0321. The van der Waals surface area contributed by atoms with Crippen LogP contribution in [0.25, 0.3) is 0 Å². The number of nitrogens with one attached hydrogen (secondary N) is 1. The number of aliphatic hydroxyl groups is 2. The molecular weight excluding hydrogens is 190 g/mol. The van der Waals surface area contributed by atoms with Gasteiger partial charge in [-0.25, -0.2) is 0 Å². The fourth-order valence-electron chi connectivity index (χ4n) is 3.00. The second kappa shape index (κ2) is 4.40. The third kappa shape index (κ3) is 2.52. The van der Waals surface area contributed by atoms with Gasteiger partial charge in [-0.3, -0.25) is 0 Å². The van der Waals surface area contributed by atoms with Crippen molar-refractivity contribution in [3.8, 4) is 0 Å². The first-order valence-electron chi connectivity index (χ1n) is 6.26. The van der Waals surface area contributed by atoms with Crippen LogP contribution in [0.1, 0.15) is 51.4 Å². The highest BCUT2D eigenvalue weighted by molar-refractivity contribution is 4.96. The van der Waals surface area contributed by atoms with E-state index in [9.17, 15) is 10.2 Å². The Balaban J connectivity index is 1.85. The predicted octanol–water partition coefficient (Wildman–Crippen LogP) is 1.19. The third-order valence-corrected chi connectivity index (χ3v) is 4.19. The lowest BCUT2D eigenvalue weighted by atomic mass is 9.95. The molecule has 0 amide bonds. The highest BCUT2D eigenvalue weighted by atomic mass is 16.3. The predicted molar refractivity (Wildman–Crippen MR) is 59.7 cm³/mol. The maximum absolute atomic E-state index is 10.2. The number of rotatable bonds is 4. The number of aliphatic hydroxyl groups excluding tert-OH is 1. The zero-order chi connectivity index (χ0) is 10.8. The lowest BCUT2D eigenvalue weighted by Crippen LogP contribution is -2.52. The maximum atomic E-state index is 10.2. The minimum Gasteiger partial charge on any atom is -0.394 e. The quantitative estimate of drug-likeness (QED) is 0.657. The van der Waals surface area contributed by atoms with E-state index in [1.165, 1.54) is 12.8 Å². The van der Waals surface area contributed by atoms with Gasteiger partial charge in [0.1, 0.15) is 0 Å². The summed E-state index contributed by atoms with van der Waals surface area (Å²) in [6.45, 7) is 0.872. The molecule has 0 bridgehead atoms. The Labute approximate surface area is 91.9 Å². The summed E-state index contributed by atoms with van der Waals surface area (Å²) in [7, 11) is 0. The molecule has 0 radical (unpaired) electrons. The van der Waals surface area contributed by atoms with Crippen molar-refractivity contribution in [3.63, 3.8) is 0 Å². The summed E-state index contributed by atoms with van der Waals surface area (Å²) in [6.07, 6.45) is 8.63. The zero-order valence-corrected chi connectivity index (χ0v) is 9.47. The van der Waals surface area contributed by atoms with Crippen molar-refractivity contribution >= 4 is 0 Å². The monoisotopic (exact) mass is 213 g/mol. The van der Waals surface area contributed by atoms with Crippen molar-refractivity contribution in [2.24, 2.45) is 0 Å². The largest absolute Gasteiger partial charge is 0.394 e. The topological polar surface area (TPSA) is 52.5 Å². The van der Waals surface area contributed by atoms with Gasteiger partial charge in [0, 0.05) is 12.1 Å². The van der Waals surface area contributed by atoms with Gasteiger partial charge < -0.3 is 15.5 Å². The van der Waals surface area contributed by atoms with E-state index < -0.39 is 5.60 Å². The van der Waals surface area contributed by atoms with Crippen LogP contribution in [0.3, 0.4) is 0 Å². The van der Waals surface area contributed by atoms with Crippen LogP contribution < -0.4 is 5.32 Å². The lowest BCUT2D eigenvalue weighted by Gasteiger charge is -2.33. The van der Waals surface area contributed by atoms with Gasteiger partial charge in [-0.2, -0.15) is 0 Å². The summed E-state index contributed by atoms with van der Waals surface area (Å²) < 4.78 is 0. The van der Waals surface area contributed by atoms with Gasteiger partial charge in [-0.05, 0) is 25.7 Å². The van der Waals surface area contributed by atoms with Gasteiger partial charge in [0.15, 0.2) is 0 Å². The normalized spacial score (nSPS) is 28.4. The van der Waals surface area contributed by atoms with Gasteiger partial charge in [-0.15, -0.1) is 0 Å². The van der Waals surface area contributed by atoms with Crippen molar-refractivity contribution in [1.82, 2.24) is 5.32 Å². The molecule has 2 rings (SSSR count). The van der Waals surface area contributed by atoms with Crippen LogP contribution in [0.2, 0.25) is 0 Å². The standard InChI is InChI=1S/C12H23NO2/c14-10-11(5-1-2-6-11)13-9-12(15)7-3-4-8-12/h13-15H,1-10H2. The number of hydrogen-bond acceptors (Lipinski definition) is 3. The van der Waals surface area contributed by atoms with Crippen molar-refractivity contribution in [2.45, 2.75) is 62.5 Å². The first-order chi connectivity index (χ1) is 7.18. The van der Waals surface area contributed by atoms with E-state index >= 15 is 0 Å². The van der Waals surface area contributed by atoms with E-state index in [1.807, 2.05) is 0 Å². The Morgan fingerprint density at radius 2 is 1.47 bits per heavy atom. The van der Waals surface area contributed by atoms with E-state index in [0.717, 1.165) is 38.5 Å². The molecular formula is C12H23NO2. The van der Waals surface area contributed by atoms with Crippen LogP contribution in [0.5, 0.6) is 0 Å². The molecule has 0 aromatic carbocycles. The molecule has 3 heteroatoms. The fourth-order valence-corrected chi connectivity index (χ4v) is 3.00. The molecule has 2 aliphatic carbocycles. The average molecular weight is 213 g/mol. The second-order valence-electron chi connectivity index (χ2n) is 5.43. The molecule has 2 fully saturated rings. The van der Waals surface area contributed by atoms with Crippen molar-refractivity contribution in [2.75, 3.05) is 13.2 Å². The zero-order valence-electron chi connectivity index (χ0n) is 9.47. The summed E-state index contributed by atoms with van der Waals surface area (Å²) >= 11 is 0. The molecule has 2 aliphatic rings. The smallest absolute Gasteiger partial charge is 0.0771 e. The molecule has 0 aromatic rings. The van der Waals surface area contributed by atoms with Crippen molar-refractivity contribution < 1.29 is 10.2 Å². The number of β-amino-alcohol motifs (C(OH)–C–C–N with tert-alkyl or cyclic N) is 1. The summed E-state index contributed by atoms with van der Waals surface area (Å²) in [5.74, 6) is 0. The van der Waals surface area contributed by atoms with Crippen molar-refractivity contribution in [1.29, 1.82) is 0 Å². The molecule has 0 unspecified atom stereocenters. The van der Waals surface area contributed by atoms with E-state index in [0.29, 0.717) is 6.54 Å². The Bertz CT molecular complexity index is 206. The Morgan fingerprint density at radius 1 is 0.933 bits per heavy atom. The van der Waals surface area contributed by atoms with E-state index in [1.54, 1.807) is 0 Å². The summed E-state index contributed by atoms with van der Waals surface area (Å²) in [6, 6.07) is 0. The molecule has 0 saturated heterocycles. The van der Waals surface area contributed by atoms with Crippen LogP contribution in [0.4, 0.5) is 0 Å². The Morgan fingerprint density at radius 3 is 2.00 bits per heavy atom. The highest BCUT2D eigenvalue weighted by Crippen LogP contribution is 2.32. The summed E-state index contributed by atoms with van der Waals surface area (Å²) in [4.78, 5) is 0. The van der Waals surface area contributed by atoms with Gasteiger partial charge >= 0.3 is 0 Å². The molecule has 0 aliphatic heterocycles. The average Bonchev–Trinajstić information content (AvgIpc) is 2.86. The van der Waals surface area contributed by atoms with Crippen LogP contribution in [-0.4, -0.2) is 34.5 Å². The first-order valence-corrected chi connectivity index (χ1v) is 6.26. The van der Waals surface area contributed by atoms with Gasteiger partial charge in [0.25, 0.3) is 0 Å². The Hall–Kier alpha value is -0.120. The third-order valence-electron chi connectivity index (χ3n) is 4.19. The second-order valence-corrected chi connectivity index (χ2v) is 5.43. The minimum atomic E-state index is -0.495. The summed E-state index contributed by atoms with van der Waals surface area (Å²) in [5.41, 5.74) is -0.580. The molecule has 0 spiro atoms. The minimum absolute atomic E-state index is 0.0850. The molecule has 15 heavy (non-hydrogen) atoms. The van der Waals surface area contributed by atoms with Crippen LogP contribution in [-0.2, 0) is 0 Å². The SMILES string of the molecule is OCC1(NCC2(O)CCCC2)CCCC1. The first kappa shape index (κ1) is 11.4. The molecule has 3 nitrogen and oxygen atoms in total. The van der Waals surface area contributed by atoms with Gasteiger partial charge in [-0.1, -0.05) is 25.7 Å².